The van der Waals surface area contributed by atoms with Crippen LogP contribution in [-0.4, -0.2) is 23.8 Å². The molecule has 8 heteroatoms. The molecule has 0 fully saturated rings. The smallest absolute Gasteiger partial charge is 0.287 e. The van der Waals surface area contributed by atoms with Crippen molar-refractivity contribution < 1.29 is 18.8 Å². The maximum absolute atomic E-state index is 12.7. The highest BCUT2D eigenvalue weighted by atomic mass is 35.5. The van der Waals surface area contributed by atoms with Gasteiger partial charge in [0.05, 0.1) is 6.26 Å². The standard InChI is InChI=1S/C21H18ClN3O4/c22-16-9-4-8-15(13-16)19(26)24-25-20(27)17(12-14-6-2-1-3-7-14)23-21(28)18-10-5-11-29-18/h1-11,13,17H,12H2,(H,23,28)(H,24,26)(H,25,27)/t17-/m0/s1. The van der Waals surface area contributed by atoms with Crippen molar-refractivity contribution in [3.63, 3.8) is 0 Å². The van der Waals surface area contributed by atoms with E-state index in [0.717, 1.165) is 5.56 Å². The quantitative estimate of drug-likeness (QED) is 0.543. The summed E-state index contributed by atoms with van der Waals surface area (Å²) in [4.78, 5) is 37.2. The molecule has 0 radical (unpaired) electrons. The zero-order chi connectivity index (χ0) is 20.6. The van der Waals surface area contributed by atoms with E-state index >= 15 is 0 Å². The molecule has 1 atom stereocenters. The van der Waals surface area contributed by atoms with Crippen molar-refractivity contribution in [2.24, 2.45) is 0 Å². The minimum atomic E-state index is -0.935. The summed E-state index contributed by atoms with van der Waals surface area (Å²) in [7, 11) is 0. The Morgan fingerprint density at radius 2 is 1.69 bits per heavy atom. The molecule has 7 nitrogen and oxygen atoms in total. The van der Waals surface area contributed by atoms with Crippen molar-refractivity contribution >= 4 is 29.3 Å². The lowest BCUT2D eigenvalue weighted by molar-refractivity contribution is -0.123. The van der Waals surface area contributed by atoms with Crippen molar-refractivity contribution in [3.05, 3.63) is 94.9 Å². The summed E-state index contributed by atoms with van der Waals surface area (Å²) in [6, 6.07) is 17.6. The van der Waals surface area contributed by atoms with Crippen LogP contribution in [0.15, 0.2) is 77.4 Å². The zero-order valence-corrected chi connectivity index (χ0v) is 16.0. The van der Waals surface area contributed by atoms with Gasteiger partial charge < -0.3 is 9.73 Å². The second-order valence-electron chi connectivity index (χ2n) is 6.15. The summed E-state index contributed by atoms with van der Waals surface area (Å²) in [5.74, 6) is -1.56. The molecular formula is C21H18ClN3O4. The van der Waals surface area contributed by atoms with Gasteiger partial charge in [-0.3, -0.25) is 25.2 Å². The number of nitrogens with one attached hydrogen (secondary N) is 3. The van der Waals surface area contributed by atoms with Crippen LogP contribution in [0.25, 0.3) is 0 Å². The van der Waals surface area contributed by atoms with Gasteiger partial charge in [-0.15, -0.1) is 0 Å². The normalized spacial score (nSPS) is 11.3. The van der Waals surface area contributed by atoms with Crippen LogP contribution >= 0.6 is 11.6 Å². The largest absolute Gasteiger partial charge is 0.459 e. The molecule has 2 aromatic carbocycles. The summed E-state index contributed by atoms with van der Waals surface area (Å²) in [5.41, 5.74) is 5.80. The maximum Gasteiger partial charge on any atom is 0.287 e. The second kappa shape index (κ2) is 9.57. The third kappa shape index (κ3) is 5.70. The van der Waals surface area contributed by atoms with Crippen LogP contribution in [0.4, 0.5) is 0 Å². The van der Waals surface area contributed by atoms with E-state index in [2.05, 4.69) is 16.2 Å². The van der Waals surface area contributed by atoms with Crippen LogP contribution in [0.2, 0.25) is 5.02 Å². The first-order valence-corrected chi connectivity index (χ1v) is 9.15. The van der Waals surface area contributed by atoms with Crippen molar-refractivity contribution in [2.45, 2.75) is 12.5 Å². The molecule has 29 heavy (non-hydrogen) atoms. The molecule has 148 valence electrons. The zero-order valence-electron chi connectivity index (χ0n) is 15.2. The van der Waals surface area contributed by atoms with Crippen LogP contribution in [0, 0.1) is 0 Å². The maximum atomic E-state index is 12.7. The summed E-state index contributed by atoms with van der Waals surface area (Å²) in [6.07, 6.45) is 1.60. The number of hydrazine groups is 1. The molecule has 3 rings (SSSR count). The predicted molar refractivity (Wildman–Crippen MR) is 107 cm³/mol. The number of benzene rings is 2. The van der Waals surface area contributed by atoms with Gasteiger partial charge in [0.25, 0.3) is 17.7 Å². The van der Waals surface area contributed by atoms with Crippen molar-refractivity contribution in [1.82, 2.24) is 16.2 Å². The number of amides is 3. The summed E-state index contributed by atoms with van der Waals surface area (Å²) >= 11 is 5.87. The molecule has 3 amide bonds. The minimum Gasteiger partial charge on any atom is -0.459 e. The van der Waals surface area contributed by atoms with Crippen molar-refractivity contribution in [2.75, 3.05) is 0 Å². The van der Waals surface area contributed by atoms with Gasteiger partial charge in [-0.25, -0.2) is 0 Å². The molecule has 0 saturated heterocycles. The van der Waals surface area contributed by atoms with Gasteiger partial charge in [0.2, 0.25) is 0 Å². The van der Waals surface area contributed by atoms with Crippen LogP contribution < -0.4 is 16.2 Å². The highest BCUT2D eigenvalue weighted by Crippen LogP contribution is 2.10. The lowest BCUT2D eigenvalue weighted by atomic mass is 10.1. The fraction of sp³-hybridized carbons (Fsp3) is 0.0952. The van der Waals surface area contributed by atoms with Crippen molar-refractivity contribution in [3.8, 4) is 0 Å². The van der Waals surface area contributed by atoms with Crippen LogP contribution in [0.3, 0.4) is 0 Å². The first kappa shape index (κ1) is 20.2. The first-order chi connectivity index (χ1) is 14.0. The molecule has 1 aromatic heterocycles. The van der Waals surface area contributed by atoms with Crippen LogP contribution in [-0.2, 0) is 11.2 Å². The molecule has 0 unspecified atom stereocenters. The van der Waals surface area contributed by atoms with Gasteiger partial charge in [-0.2, -0.15) is 0 Å². The minimum absolute atomic E-state index is 0.0822. The predicted octanol–water partition coefficient (Wildman–Crippen LogP) is 2.74. The Labute approximate surface area is 172 Å². The molecule has 3 aromatic rings. The molecule has 0 aliphatic heterocycles. The summed E-state index contributed by atoms with van der Waals surface area (Å²) in [6.45, 7) is 0. The Morgan fingerprint density at radius 1 is 0.897 bits per heavy atom. The Morgan fingerprint density at radius 3 is 2.38 bits per heavy atom. The third-order valence-corrected chi connectivity index (χ3v) is 4.27. The van der Waals surface area contributed by atoms with E-state index in [1.165, 1.54) is 18.4 Å². The average Bonchev–Trinajstić information content (AvgIpc) is 3.27. The van der Waals surface area contributed by atoms with Gasteiger partial charge in [0.15, 0.2) is 5.76 Å². The van der Waals surface area contributed by atoms with Gasteiger partial charge in [0, 0.05) is 17.0 Å². The van der Waals surface area contributed by atoms with E-state index in [9.17, 15) is 14.4 Å². The molecular weight excluding hydrogens is 394 g/mol. The number of hydrogen-bond donors (Lipinski definition) is 3. The number of hydrogen-bond acceptors (Lipinski definition) is 4. The average molecular weight is 412 g/mol. The Kier molecular flexibility index (Phi) is 6.65. The van der Waals surface area contributed by atoms with Gasteiger partial charge in [0.1, 0.15) is 6.04 Å². The summed E-state index contributed by atoms with van der Waals surface area (Å²) < 4.78 is 5.07. The topological polar surface area (TPSA) is 100 Å². The molecule has 0 spiro atoms. The SMILES string of the molecule is O=C(NNC(=O)[C@H](Cc1ccccc1)NC(=O)c1ccco1)c1cccc(Cl)c1. The first-order valence-electron chi connectivity index (χ1n) is 8.77. The number of halogens is 1. The fourth-order valence-electron chi connectivity index (χ4n) is 2.60. The number of carbonyl (C=O) groups excluding carboxylic acids is 3. The van der Waals surface area contributed by atoms with E-state index in [-0.39, 0.29) is 17.7 Å². The Balaban J connectivity index is 1.67. The van der Waals surface area contributed by atoms with Crippen molar-refractivity contribution in [1.29, 1.82) is 0 Å². The van der Waals surface area contributed by atoms with E-state index in [0.29, 0.717) is 5.02 Å². The van der Waals surface area contributed by atoms with Crippen LogP contribution in [0.5, 0.6) is 0 Å². The monoisotopic (exact) mass is 411 g/mol. The van der Waals surface area contributed by atoms with Gasteiger partial charge in [-0.1, -0.05) is 48.0 Å². The summed E-state index contributed by atoms with van der Waals surface area (Å²) in [5, 5.41) is 3.02. The Bertz CT molecular complexity index is 990. The Hall–Kier alpha value is -3.58. The fourth-order valence-corrected chi connectivity index (χ4v) is 2.79. The lowest BCUT2D eigenvalue weighted by Gasteiger charge is -2.18. The van der Waals surface area contributed by atoms with E-state index in [1.807, 2.05) is 30.3 Å². The van der Waals surface area contributed by atoms with E-state index in [1.54, 1.807) is 24.3 Å². The number of furan rings is 1. The second-order valence-corrected chi connectivity index (χ2v) is 6.58. The molecule has 0 aliphatic rings. The molecule has 3 N–H and O–H groups in total. The highest BCUT2D eigenvalue weighted by molar-refractivity contribution is 6.30. The number of rotatable bonds is 6. The molecule has 0 aliphatic carbocycles. The molecule has 0 bridgehead atoms. The number of carbonyl (C=O) groups is 3. The van der Waals surface area contributed by atoms with Gasteiger partial charge in [-0.05, 0) is 35.9 Å². The van der Waals surface area contributed by atoms with E-state index < -0.39 is 23.8 Å². The van der Waals surface area contributed by atoms with Gasteiger partial charge >= 0.3 is 0 Å². The highest BCUT2D eigenvalue weighted by Gasteiger charge is 2.23. The van der Waals surface area contributed by atoms with E-state index in [4.69, 9.17) is 16.0 Å². The van der Waals surface area contributed by atoms with Crippen LogP contribution in [0.1, 0.15) is 26.5 Å². The third-order valence-electron chi connectivity index (χ3n) is 4.04. The molecule has 1 heterocycles. The lowest BCUT2D eigenvalue weighted by Crippen LogP contribution is -2.53. The molecule has 0 saturated carbocycles.